The fourth-order valence-corrected chi connectivity index (χ4v) is 1.79. The standard InChI is InChI=1S/C13H17N5/c1-3-9-7-10(4-2)18(17-9)11-5-6-12(13(14)15)16-8-11/h5-8H,3-4H2,1-2H3,(H3,14,15). The Morgan fingerprint density at radius 2 is 2.11 bits per heavy atom. The average molecular weight is 243 g/mol. The molecule has 94 valence electrons. The van der Waals surface area contributed by atoms with E-state index in [1.165, 1.54) is 0 Å². The molecule has 2 aromatic rings. The molecule has 5 nitrogen and oxygen atoms in total. The minimum Gasteiger partial charge on any atom is -0.382 e. The monoisotopic (exact) mass is 243 g/mol. The molecule has 0 unspecified atom stereocenters. The van der Waals surface area contributed by atoms with Crippen molar-refractivity contribution in [3.05, 3.63) is 41.5 Å². The molecule has 0 aliphatic carbocycles. The number of amidine groups is 1. The molecule has 0 aromatic carbocycles. The van der Waals surface area contributed by atoms with Crippen LogP contribution in [0.25, 0.3) is 5.69 Å². The highest BCUT2D eigenvalue weighted by atomic mass is 15.3. The zero-order valence-electron chi connectivity index (χ0n) is 10.6. The summed E-state index contributed by atoms with van der Waals surface area (Å²) in [4.78, 5) is 4.15. The van der Waals surface area contributed by atoms with Crippen LogP contribution in [0.3, 0.4) is 0 Å². The summed E-state index contributed by atoms with van der Waals surface area (Å²) >= 11 is 0. The van der Waals surface area contributed by atoms with Crippen LogP contribution in [0.1, 0.15) is 30.9 Å². The van der Waals surface area contributed by atoms with E-state index in [0.717, 1.165) is 29.9 Å². The summed E-state index contributed by atoms with van der Waals surface area (Å²) in [7, 11) is 0. The Hall–Kier alpha value is -2.17. The van der Waals surface area contributed by atoms with Gasteiger partial charge in [-0.25, -0.2) is 4.68 Å². The molecule has 0 saturated heterocycles. The van der Waals surface area contributed by atoms with Crippen molar-refractivity contribution >= 4 is 5.84 Å². The summed E-state index contributed by atoms with van der Waals surface area (Å²) in [5.41, 5.74) is 9.00. The van der Waals surface area contributed by atoms with E-state index in [4.69, 9.17) is 11.1 Å². The number of nitrogens with one attached hydrogen (secondary N) is 1. The van der Waals surface area contributed by atoms with Crippen molar-refractivity contribution in [3.8, 4) is 5.69 Å². The number of nitrogens with zero attached hydrogens (tertiary/aromatic N) is 3. The first-order chi connectivity index (χ1) is 8.65. The number of hydrogen-bond donors (Lipinski definition) is 2. The first kappa shape index (κ1) is 12.3. The van der Waals surface area contributed by atoms with Crippen LogP contribution in [0.5, 0.6) is 0 Å². The molecule has 5 heteroatoms. The smallest absolute Gasteiger partial charge is 0.141 e. The number of nitrogens with two attached hydrogens (primary N) is 1. The molecule has 2 heterocycles. The molecule has 3 N–H and O–H groups in total. The van der Waals surface area contributed by atoms with Crippen molar-refractivity contribution < 1.29 is 0 Å². The molecule has 2 rings (SSSR count). The molecule has 18 heavy (non-hydrogen) atoms. The van der Waals surface area contributed by atoms with Crippen LogP contribution in [-0.2, 0) is 12.8 Å². The maximum absolute atomic E-state index is 7.32. The Morgan fingerprint density at radius 1 is 1.33 bits per heavy atom. The van der Waals surface area contributed by atoms with Gasteiger partial charge in [-0.1, -0.05) is 13.8 Å². The van der Waals surface area contributed by atoms with E-state index in [0.29, 0.717) is 5.69 Å². The SMILES string of the molecule is CCc1cc(CC)n(-c2ccc(C(=N)N)nc2)n1. The Labute approximate surface area is 106 Å². The van der Waals surface area contributed by atoms with Crippen molar-refractivity contribution in [1.82, 2.24) is 14.8 Å². The number of hydrogen-bond acceptors (Lipinski definition) is 3. The first-order valence-corrected chi connectivity index (χ1v) is 6.04. The van der Waals surface area contributed by atoms with Crippen molar-refractivity contribution in [2.24, 2.45) is 5.73 Å². The Kier molecular flexibility index (Phi) is 3.41. The van der Waals surface area contributed by atoms with Gasteiger partial charge in [-0.15, -0.1) is 0 Å². The Morgan fingerprint density at radius 3 is 2.61 bits per heavy atom. The topological polar surface area (TPSA) is 80.6 Å². The van der Waals surface area contributed by atoms with Crippen LogP contribution in [0.15, 0.2) is 24.4 Å². The van der Waals surface area contributed by atoms with Crippen molar-refractivity contribution in [3.63, 3.8) is 0 Å². The molecule has 0 spiro atoms. The average Bonchev–Trinajstić information content (AvgIpc) is 2.82. The van der Waals surface area contributed by atoms with Gasteiger partial charge in [0.05, 0.1) is 17.6 Å². The predicted molar refractivity (Wildman–Crippen MR) is 71.1 cm³/mol. The van der Waals surface area contributed by atoms with E-state index in [2.05, 4.69) is 30.0 Å². The number of pyridine rings is 1. The van der Waals surface area contributed by atoms with Gasteiger partial charge in [0.15, 0.2) is 0 Å². The van der Waals surface area contributed by atoms with Gasteiger partial charge in [-0.2, -0.15) is 5.10 Å². The van der Waals surface area contributed by atoms with Crippen molar-refractivity contribution in [2.75, 3.05) is 0 Å². The second kappa shape index (κ2) is 5.00. The molecule has 0 bridgehead atoms. The Balaban J connectivity index is 2.41. The highest BCUT2D eigenvalue weighted by molar-refractivity contribution is 5.92. The van der Waals surface area contributed by atoms with Crippen LogP contribution in [-0.4, -0.2) is 20.6 Å². The first-order valence-electron chi connectivity index (χ1n) is 6.04. The molecule has 0 aliphatic rings. The second-order valence-electron chi connectivity index (χ2n) is 4.06. The van der Waals surface area contributed by atoms with Gasteiger partial charge in [-0.05, 0) is 31.0 Å². The van der Waals surface area contributed by atoms with Gasteiger partial charge in [0.1, 0.15) is 11.5 Å². The second-order valence-corrected chi connectivity index (χ2v) is 4.06. The van der Waals surface area contributed by atoms with E-state index >= 15 is 0 Å². The lowest BCUT2D eigenvalue weighted by Crippen LogP contribution is -2.13. The highest BCUT2D eigenvalue weighted by Gasteiger charge is 2.08. The molecule has 0 aliphatic heterocycles. The van der Waals surface area contributed by atoms with Crippen LogP contribution < -0.4 is 5.73 Å². The summed E-state index contributed by atoms with van der Waals surface area (Å²) in [5, 5.41) is 11.9. The highest BCUT2D eigenvalue weighted by Crippen LogP contribution is 2.13. The zero-order chi connectivity index (χ0) is 13.1. The largest absolute Gasteiger partial charge is 0.382 e. The van der Waals surface area contributed by atoms with Crippen molar-refractivity contribution in [1.29, 1.82) is 5.41 Å². The molecule has 0 saturated carbocycles. The molecule has 0 atom stereocenters. The van der Waals surface area contributed by atoms with Crippen LogP contribution >= 0.6 is 0 Å². The van der Waals surface area contributed by atoms with Gasteiger partial charge < -0.3 is 5.73 Å². The number of aryl methyl sites for hydroxylation is 2. The molecule has 0 radical (unpaired) electrons. The summed E-state index contributed by atoms with van der Waals surface area (Å²) < 4.78 is 1.90. The van der Waals surface area contributed by atoms with E-state index < -0.39 is 0 Å². The van der Waals surface area contributed by atoms with E-state index in [-0.39, 0.29) is 5.84 Å². The van der Waals surface area contributed by atoms with Crippen LogP contribution in [0.4, 0.5) is 0 Å². The van der Waals surface area contributed by atoms with E-state index in [9.17, 15) is 0 Å². The molecular weight excluding hydrogens is 226 g/mol. The lowest BCUT2D eigenvalue weighted by Gasteiger charge is -2.06. The quantitative estimate of drug-likeness (QED) is 0.633. The third-order valence-corrected chi connectivity index (χ3v) is 2.83. The fourth-order valence-electron chi connectivity index (χ4n) is 1.79. The molecule has 0 amide bonds. The minimum absolute atomic E-state index is 0.0213. The van der Waals surface area contributed by atoms with Crippen molar-refractivity contribution in [2.45, 2.75) is 26.7 Å². The summed E-state index contributed by atoms with van der Waals surface area (Å²) in [6, 6.07) is 5.73. The lowest BCUT2D eigenvalue weighted by molar-refractivity contribution is 0.790. The van der Waals surface area contributed by atoms with E-state index in [1.807, 2.05) is 10.7 Å². The number of nitrogen functional groups attached to an aromatic ring is 1. The van der Waals surface area contributed by atoms with Gasteiger partial charge in [0.2, 0.25) is 0 Å². The minimum atomic E-state index is -0.0213. The summed E-state index contributed by atoms with van der Waals surface area (Å²) in [6.07, 6.45) is 3.53. The van der Waals surface area contributed by atoms with Gasteiger partial charge in [-0.3, -0.25) is 10.4 Å². The summed E-state index contributed by atoms with van der Waals surface area (Å²) in [5.74, 6) is -0.0213. The van der Waals surface area contributed by atoms with Crippen LogP contribution in [0.2, 0.25) is 0 Å². The third-order valence-electron chi connectivity index (χ3n) is 2.83. The summed E-state index contributed by atoms with van der Waals surface area (Å²) in [6.45, 7) is 4.19. The van der Waals surface area contributed by atoms with Gasteiger partial charge >= 0.3 is 0 Å². The molecule has 2 aromatic heterocycles. The predicted octanol–water partition coefficient (Wildman–Crippen LogP) is 1.68. The van der Waals surface area contributed by atoms with Gasteiger partial charge in [0.25, 0.3) is 0 Å². The number of rotatable bonds is 4. The zero-order valence-corrected chi connectivity index (χ0v) is 10.6. The number of aromatic nitrogens is 3. The lowest BCUT2D eigenvalue weighted by atomic mass is 10.2. The van der Waals surface area contributed by atoms with Gasteiger partial charge in [0, 0.05) is 5.69 Å². The van der Waals surface area contributed by atoms with Crippen LogP contribution in [0, 0.1) is 5.41 Å². The molecular formula is C13H17N5. The maximum Gasteiger partial charge on any atom is 0.141 e. The fraction of sp³-hybridized carbons (Fsp3) is 0.308. The third kappa shape index (κ3) is 2.25. The normalized spacial score (nSPS) is 10.6. The Bertz CT molecular complexity index is 553. The maximum atomic E-state index is 7.32. The molecule has 0 fully saturated rings. The van der Waals surface area contributed by atoms with E-state index in [1.54, 1.807) is 12.3 Å².